The van der Waals surface area contributed by atoms with Gasteiger partial charge in [0.15, 0.2) is 0 Å². The Hall–Kier alpha value is -1.35. The third-order valence-corrected chi connectivity index (χ3v) is 3.97. The van der Waals surface area contributed by atoms with Gasteiger partial charge < -0.3 is 10.4 Å². The number of carbonyl (C=O) groups is 1. The summed E-state index contributed by atoms with van der Waals surface area (Å²) in [7, 11) is 0. The first-order valence-electron chi connectivity index (χ1n) is 6.15. The fourth-order valence-corrected chi connectivity index (χ4v) is 2.84. The maximum absolute atomic E-state index is 11.3. The van der Waals surface area contributed by atoms with E-state index >= 15 is 0 Å². The van der Waals surface area contributed by atoms with E-state index in [1.54, 1.807) is 0 Å². The zero-order valence-electron chi connectivity index (χ0n) is 10.1. The zero-order chi connectivity index (χ0) is 12.3. The smallest absolute Gasteiger partial charge is 0.308 e. The number of carboxylic acids is 1. The molecule has 3 nitrogen and oxygen atoms in total. The summed E-state index contributed by atoms with van der Waals surface area (Å²) in [4.78, 5) is 11.3. The molecule has 1 heterocycles. The fourth-order valence-electron chi connectivity index (χ4n) is 2.84. The summed E-state index contributed by atoms with van der Waals surface area (Å²) >= 11 is 0. The molecule has 3 heteroatoms. The molecule has 0 aliphatic carbocycles. The van der Waals surface area contributed by atoms with Crippen molar-refractivity contribution >= 4 is 5.97 Å². The van der Waals surface area contributed by atoms with Gasteiger partial charge in [0.25, 0.3) is 0 Å². The van der Waals surface area contributed by atoms with E-state index in [1.165, 1.54) is 5.56 Å². The van der Waals surface area contributed by atoms with Crippen LogP contribution in [0.5, 0.6) is 0 Å². The van der Waals surface area contributed by atoms with Crippen molar-refractivity contribution in [2.45, 2.75) is 19.8 Å². The number of carboxylic acid groups (broad SMARTS) is 1. The summed E-state index contributed by atoms with van der Waals surface area (Å²) in [6, 6.07) is 10.2. The van der Waals surface area contributed by atoms with E-state index in [2.05, 4.69) is 24.4 Å². The van der Waals surface area contributed by atoms with Gasteiger partial charge in [0, 0.05) is 18.5 Å². The monoisotopic (exact) mass is 233 g/mol. The quantitative estimate of drug-likeness (QED) is 0.835. The number of aliphatic carboxylic acids is 1. The Balaban J connectivity index is 2.22. The molecule has 2 atom stereocenters. The molecule has 1 fully saturated rings. The molecule has 0 spiro atoms. The van der Waals surface area contributed by atoms with E-state index in [4.69, 9.17) is 0 Å². The van der Waals surface area contributed by atoms with Crippen LogP contribution in [0.1, 0.15) is 18.9 Å². The van der Waals surface area contributed by atoms with Gasteiger partial charge in [-0.15, -0.1) is 0 Å². The van der Waals surface area contributed by atoms with E-state index in [0.717, 1.165) is 19.4 Å². The number of hydrogen-bond acceptors (Lipinski definition) is 2. The lowest BCUT2D eigenvalue weighted by Gasteiger charge is -2.31. The van der Waals surface area contributed by atoms with Gasteiger partial charge in [0.1, 0.15) is 0 Å². The lowest BCUT2D eigenvalue weighted by molar-refractivity contribution is -0.144. The van der Waals surface area contributed by atoms with Crippen molar-refractivity contribution in [2.24, 2.45) is 11.3 Å². The first-order valence-corrected chi connectivity index (χ1v) is 6.15. The van der Waals surface area contributed by atoms with Gasteiger partial charge in [-0.05, 0) is 18.4 Å². The normalized spacial score (nSPS) is 28.2. The largest absolute Gasteiger partial charge is 0.481 e. The second-order valence-corrected chi connectivity index (χ2v) is 4.90. The van der Waals surface area contributed by atoms with Gasteiger partial charge in [-0.2, -0.15) is 0 Å². The molecule has 2 unspecified atom stereocenters. The summed E-state index contributed by atoms with van der Waals surface area (Å²) in [6.45, 7) is 3.48. The van der Waals surface area contributed by atoms with Crippen molar-refractivity contribution < 1.29 is 9.90 Å². The van der Waals surface area contributed by atoms with Gasteiger partial charge in [0.2, 0.25) is 0 Å². The molecule has 1 aromatic carbocycles. The average molecular weight is 233 g/mol. The van der Waals surface area contributed by atoms with Crippen LogP contribution in [0.25, 0.3) is 0 Å². The van der Waals surface area contributed by atoms with E-state index in [9.17, 15) is 9.90 Å². The summed E-state index contributed by atoms with van der Waals surface area (Å²) in [5.74, 6) is -0.944. The number of nitrogens with one attached hydrogen (secondary N) is 1. The summed E-state index contributed by atoms with van der Waals surface area (Å²) in [5, 5.41) is 12.6. The standard InChI is InChI=1S/C14H19NO2/c1-2-14(8-11-6-4-3-5-7-11)10-15-9-12(14)13(16)17/h3-7,12,15H,2,8-10H2,1H3,(H,16,17). The maximum Gasteiger partial charge on any atom is 0.308 e. The minimum Gasteiger partial charge on any atom is -0.481 e. The van der Waals surface area contributed by atoms with E-state index in [0.29, 0.717) is 6.54 Å². The SMILES string of the molecule is CCC1(Cc2ccccc2)CNCC1C(=O)O. The number of rotatable bonds is 4. The van der Waals surface area contributed by atoms with Gasteiger partial charge in [0.05, 0.1) is 5.92 Å². The highest BCUT2D eigenvalue weighted by Crippen LogP contribution is 2.38. The third kappa shape index (κ3) is 2.34. The first-order chi connectivity index (χ1) is 8.18. The van der Waals surface area contributed by atoms with Crippen LogP contribution < -0.4 is 5.32 Å². The molecule has 1 saturated heterocycles. The molecule has 1 aromatic rings. The van der Waals surface area contributed by atoms with Crippen molar-refractivity contribution in [1.29, 1.82) is 0 Å². The molecule has 17 heavy (non-hydrogen) atoms. The fraction of sp³-hybridized carbons (Fsp3) is 0.500. The van der Waals surface area contributed by atoms with Gasteiger partial charge in [-0.25, -0.2) is 0 Å². The van der Waals surface area contributed by atoms with E-state index in [-0.39, 0.29) is 11.3 Å². The molecule has 0 radical (unpaired) electrons. The van der Waals surface area contributed by atoms with Crippen LogP contribution in [-0.4, -0.2) is 24.2 Å². The lowest BCUT2D eigenvalue weighted by Crippen LogP contribution is -2.36. The van der Waals surface area contributed by atoms with Crippen molar-refractivity contribution in [1.82, 2.24) is 5.32 Å². The number of hydrogen-bond donors (Lipinski definition) is 2. The van der Waals surface area contributed by atoms with Gasteiger partial charge in [-0.3, -0.25) is 4.79 Å². The Labute approximate surface area is 102 Å². The molecule has 92 valence electrons. The second kappa shape index (κ2) is 4.88. The van der Waals surface area contributed by atoms with Crippen LogP contribution in [-0.2, 0) is 11.2 Å². The van der Waals surface area contributed by atoms with Crippen molar-refractivity contribution in [3.05, 3.63) is 35.9 Å². The Morgan fingerprint density at radius 2 is 2.18 bits per heavy atom. The third-order valence-electron chi connectivity index (χ3n) is 3.97. The topological polar surface area (TPSA) is 49.3 Å². The number of benzene rings is 1. The van der Waals surface area contributed by atoms with Crippen LogP contribution in [0, 0.1) is 11.3 Å². The highest BCUT2D eigenvalue weighted by Gasteiger charge is 2.45. The first kappa shape index (κ1) is 12.1. The summed E-state index contributed by atoms with van der Waals surface area (Å²) in [6.07, 6.45) is 1.74. The van der Waals surface area contributed by atoms with Crippen molar-refractivity contribution in [3.63, 3.8) is 0 Å². The Morgan fingerprint density at radius 1 is 1.47 bits per heavy atom. The molecule has 2 rings (SSSR count). The zero-order valence-corrected chi connectivity index (χ0v) is 10.1. The van der Waals surface area contributed by atoms with Crippen LogP contribution in [0.3, 0.4) is 0 Å². The highest BCUT2D eigenvalue weighted by molar-refractivity contribution is 5.72. The highest BCUT2D eigenvalue weighted by atomic mass is 16.4. The Kier molecular flexibility index (Phi) is 3.48. The lowest BCUT2D eigenvalue weighted by atomic mass is 9.71. The molecule has 1 aliphatic heterocycles. The van der Waals surface area contributed by atoms with Crippen LogP contribution in [0.15, 0.2) is 30.3 Å². The van der Waals surface area contributed by atoms with Gasteiger partial charge in [-0.1, -0.05) is 37.3 Å². The van der Waals surface area contributed by atoms with Gasteiger partial charge >= 0.3 is 5.97 Å². The molecule has 0 aromatic heterocycles. The van der Waals surface area contributed by atoms with Crippen LogP contribution in [0.4, 0.5) is 0 Å². The molecule has 1 aliphatic rings. The average Bonchev–Trinajstić information content (AvgIpc) is 2.75. The molecular formula is C14H19NO2. The van der Waals surface area contributed by atoms with Crippen LogP contribution >= 0.6 is 0 Å². The molecule has 0 saturated carbocycles. The minimum atomic E-state index is -0.673. The van der Waals surface area contributed by atoms with Crippen molar-refractivity contribution in [2.75, 3.05) is 13.1 Å². The summed E-state index contributed by atoms with van der Waals surface area (Å²) < 4.78 is 0. The van der Waals surface area contributed by atoms with E-state index in [1.807, 2.05) is 18.2 Å². The predicted octanol–water partition coefficient (Wildman–Crippen LogP) is 1.93. The maximum atomic E-state index is 11.3. The minimum absolute atomic E-state index is 0.132. The molecular weight excluding hydrogens is 214 g/mol. The Morgan fingerprint density at radius 3 is 2.76 bits per heavy atom. The van der Waals surface area contributed by atoms with E-state index < -0.39 is 5.97 Å². The predicted molar refractivity (Wildman–Crippen MR) is 66.9 cm³/mol. The van der Waals surface area contributed by atoms with Crippen LogP contribution in [0.2, 0.25) is 0 Å². The molecule has 0 amide bonds. The molecule has 0 bridgehead atoms. The Bertz CT molecular complexity index is 390. The van der Waals surface area contributed by atoms with Crippen molar-refractivity contribution in [3.8, 4) is 0 Å². The molecule has 2 N–H and O–H groups in total. The summed E-state index contributed by atoms with van der Waals surface area (Å²) in [5.41, 5.74) is 1.09. The second-order valence-electron chi connectivity index (χ2n) is 4.90.